The third-order valence-corrected chi connectivity index (χ3v) is 4.64. The van der Waals surface area contributed by atoms with E-state index < -0.39 is 11.5 Å². The second kappa shape index (κ2) is 7.09. The molecule has 0 bridgehead atoms. The fourth-order valence-corrected chi connectivity index (χ4v) is 3.34. The van der Waals surface area contributed by atoms with Crippen LogP contribution >= 0.6 is 11.6 Å². The van der Waals surface area contributed by atoms with Crippen molar-refractivity contribution in [3.05, 3.63) is 58.6 Å². The molecule has 1 aliphatic rings. The molecule has 136 valence electrons. The number of fused-ring (bicyclic) bond motifs is 1. The van der Waals surface area contributed by atoms with Crippen LogP contribution in [-0.2, 0) is 15.2 Å². The van der Waals surface area contributed by atoms with Crippen LogP contribution in [0.2, 0.25) is 5.02 Å². The predicted molar refractivity (Wildman–Crippen MR) is 99.7 cm³/mol. The van der Waals surface area contributed by atoms with E-state index in [1.54, 1.807) is 18.2 Å². The van der Waals surface area contributed by atoms with Gasteiger partial charge in [-0.25, -0.2) is 0 Å². The summed E-state index contributed by atoms with van der Waals surface area (Å²) in [6.07, 6.45) is -0.283. The van der Waals surface area contributed by atoms with Gasteiger partial charge in [0.2, 0.25) is 0 Å². The maximum atomic E-state index is 12.8. The first-order chi connectivity index (χ1) is 12.3. The highest BCUT2D eigenvalue weighted by Gasteiger charge is 2.50. The lowest BCUT2D eigenvalue weighted by atomic mass is 9.90. The van der Waals surface area contributed by atoms with Crippen molar-refractivity contribution in [3.8, 4) is 5.75 Å². The summed E-state index contributed by atoms with van der Waals surface area (Å²) in [5, 5.41) is 11.3. The molecule has 5 nitrogen and oxygen atoms in total. The van der Waals surface area contributed by atoms with Crippen molar-refractivity contribution in [3.63, 3.8) is 0 Å². The van der Waals surface area contributed by atoms with Crippen LogP contribution in [0.1, 0.15) is 24.5 Å². The third-order valence-electron chi connectivity index (χ3n) is 4.40. The largest absolute Gasteiger partial charge is 0.492 e. The number of nitrogens with zero attached hydrogens (tertiary/aromatic N) is 1. The molecule has 0 saturated heterocycles. The van der Waals surface area contributed by atoms with Gasteiger partial charge in [-0.2, -0.15) is 0 Å². The minimum atomic E-state index is -1.88. The maximum absolute atomic E-state index is 12.8. The molecule has 26 heavy (non-hydrogen) atoms. The topological polar surface area (TPSA) is 66.8 Å². The molecule has 6 heteroatoms. The van der Waals surface area contributed by atoms with Gasteiger partial charge in [-0.3, -0.25) is 9.59 Å². The van der Waals surface area contributed by atoms with Crippen molar-refractivity contribution >= 4 is 29.0 Å². The number of anilines is 1. The molecular formula is C20H20ClNO4. The van der Waals surface area contributed by atoms with Gasteiger partial charge < -0.3 is 14.7 Å². The van der Waals surface area contributed by atoms with Gasteiger partial charge in [-0.05, 0) is 44.2 Å². The molecule has 1 amide bonds. The highest BCUT2D eigenvalue weighted by molar-refractivity contribution is 6.31. The molecule has 2 aromatic carbocycles. The molecular weight excluding hydrogens is 354 g/mol. The Morgan fingerprint density at radius 1 is 1.23 bits per heavy atom. The molecule has 0 aliphatic carbocycles. The number of aryl methyl sites for hydroxylation is 1. The first kappa shape index (κ1) is 18.4. The lowest BCUT2D eigenvalue weighted by molar-refractivity contribution is -0.141. The first-order valence-corrected chi connectivity index (χ1v) is 8.72. The van der Waals surface area contributed by atoms with Crippen LogP contribution in [0.3, 0.4) is 0 Å². The first-order valence-electron chi connectivity index (χ1n) is 8.34. The number of ether oxygens (including phenoxy) is 1. The standard InChI is InChI=1S/C20H20ClNO4/c1-13-3-6-16(7-4-13)26-10-9-22-18-8-5-15(21)11-17(18)20(25,19(22)24)12-14(2)23/h3-8,11,25H,9-10,12H2,1-2H3/t20-/m0/s1. The third kappa shape index (κ3) is 3.45. The summed E-state index contributed by atoms with van der Waals surface area (Å²) in [7, 11) is 0. The number of amides is 1. The van der Waals surface area contributed by atoms with Gasteiger partial charge in [0.05, 0.1) is 12.2 Å². The van der Waals surface area contributed by atoms with Gasteiger partial charge >= 0.3 is 0 Å². The molecule has 0 unspecified atom stereocenters. The predicted octanol–water partition coefficient (Wildman–Crippen LogP) is 3.24. The highest BCUT2D eigenvalue weighted by atomic mass is 35.5. The van der Waals surface area contributed by atoms with E-state index in [-0.39, 0.29) is 25.4 Å². The fraction of sp³-hybridized carbons (Fsp3) is 0.300. The van der Waals surface area contributed by atoms with Gasteiger partial charge in [0.1, 0.15) is 18.1 Å². The fourth-order valence-electron chi connectivity index (χ4n) is 3.17. The summed E-state index contributed by atoms with van der Waals surface area (Å²) in [5.41, 5.74) is 0.166. The van der Waals surface area contributed by atoms with Gasteiger partial charge in [-0.1, -0.05) is 29.3 Å². The van der Waals surface area contributed by atoms with Crippen molar-refractivity contribution in [1.82, 2.24) is 0 Å². The van der Waals surface area contributed by atoms with Crippen molar-refractivity contribution in [2.24, 2.45) is 0 Å². The summed E-state index contributed by atoms with van der Waals surface area (Å²) in [6, 6.07) is 12.5. The number of rotatable bonds is 6. The van der Waals surface area contributed by atoms with E-state index in [1.807, 2.05) is 31.2 Å². The van der Waals surface area contributed by atoms with E-state index in [0.717, 1.165) is 5.56 Å². The summed E-state index contributed by atoms with van der Waals surface area (Å²) in [6.45, 7) is 3.85. The van der Waals surface area contributed by atoms with E-state index in [9.17, 15) is 14.7 Å². The maximum Gasteiger partial charge on any atom is 0.264 e. The van der Waals surface area contributed by atoms with Gasteiger partial charge in [0.15, 0.2) is 5.60 Å². The van der Waals surface area contributed by atoms with Crippen molar-refractivity contribution in [1.29, 1.82) is 0 Å². The molecule has 3 rings (SSSR count). The Morgan fingerprint density at radius 2 is 1.92 bits per heavy atom. The van der Waals surface area contributed by atoms with Crippen LogP contribution < -0.4 is 9.64 Å². The van der Waals surface area contributed by atoms with Crippen molar-refractivity contribution in [2.75, 3.05) is 18.1 Å². The zero-order valence-electron chi connectivity index (χ0n) is 14.7. The summed E-state index contributed by atoms with van der Waals surface area (Å²) in [4.78, 5) is 25.9. The monoisotopic (exact) mass is 373 g/mol. The van der Waals surface area contributed by atoms with E-state index >= 15 is 0 Å². The average Bonchev–Trinajstić information content (AvgIpc) is 2.77. The number of carbonyl (C=O) groups excluding carboxylic acids is 2. The van der Waals surface area contributed by atoms with E-state index in [4.69, 9.17) is 16.3 Å². The molecule has 1 heterocycles. The van der Waals surface area contributed by atoms with Crippen LogP contribution in [0.25, 0.3) is 0 Å². The summed E-state index contributed by atoms with van der Waals surface area (Å²) in [5.74, 6) is -0.0976. The van der Waals surface area contributed by atoms with Crippen LogP contribution in [0, 0.1) is 6.92 Å². The summed E-state index contributed by atoms with van der Waals surface area (Å²) >= 11 is 6.03. The molecule has 2 aromatic rings. The zero-order valence-corrected chi connectivity index (χ0v) is 15.4. The lowest BCUT2D eigenvalue weighted by Crippen LogP contribution is -2.43. The van der Waals surface area contributed by atoms with E-state index in [1.165, 1.54) is 11.8 Å². The quantitative estimate of drug-likeness (QED) is 0.844. The average molecular weight is 374 g/mol. The van der Waals surface area contributed by atoms with E-state index in [2.05, 4.69) is 0 Å². The molecule has 1 aliphatic heterocycles. The molecule has 0 radical (unpaired) electrons. The van der Waals surface area contributed by atoms with Crippen molar-refractivity contribution < 1.29 is 19.4 Å². The number of hydrogen-bond donors (Lipinski definition) is 1. The van der Waals surface area contributed by atoms with E-state index in [0.29, 0.717) is 22.0 Å². The minimum Gasteiger partial charge on any atom is -0.492 e. The molecule has 0 fully saturated rings. The van der Waals surface area contributed by atoms with Gasteiger partial charge in [0.25, 0.3) is 5.91 Å². The Bertz CT molecular complexity index is 849. The smallest absolute Gasteiger partial charge is 0.264 e. The Morgan fingerprint density at radius 3 is 2.58 bits per heavy atom. The highest BCUT2D eigenvalue weighted by Crippen LogP contribution is 2.43. The van der Waals surface area contributed by atoms with Gasteiger partial charge in [-0.15, -0.1) is 0 Å². The zero-order chi connectivity index (χ0) is 18.9. The number of carbonyl (C=O) groups is 2. The Hall–Kier alpha value is -2.37. The number of hydrogen-bond acceptors (Lipinski definition) is 4. The van der Waals surface area contributed by atoms with Crippen LogP contribution in [-0.4, -0.2) is 29.9 Å². The van der Waals surface area contributed by atoms with Crippen molar-refractivity contribution in [2.45, 2.75) is 25.9 Å². The number of aliphatic hydroxyl groups is 1. The molecule has 1 atom stereocenters. The second-order valence-electron chi connectivity index (χ2n) is 6.52. The molecule has 0 spiro atoms. The SMILES string of the molecule is CC(=O)C[C@@]1(O)C(=O)N(CCOc2ccc(C)cc2)c2ccc(Cl)cc21. The number of benzene rings is 2. The Kier molecular flexibility index (Phi) is 5.03. The normalized spacial score (nSPS) is 18.8. The molecule has 1 N–H and O–H groups in total. The number of halogens is 1. The van der Waals surface area contributed by atoms with Crippen LogP contribution in [0.4, 0.5) is 5.69 Å². The number of ketones is 1. The Balaban J connectivity index is 1.80. The molecule has 0 saturated carbocycles. The molecule has 0 aromatic heterocycles. The van der Waals surface area contributed by atoms with Crippen LogP contribution in [0.5, 0.6) is 5.75 Å². The van der Waals surface area contributed by atoms with Crippen LogP contribution in [0.15, 0.2) is 42.5 Å². The Labute approximate surface area is 157 Å². The number of Topliss-reactive ketones (excluding diaryl/α,β-unsaturated/α-hetero) is 1. The second-order valence-corrected chi connectivity index (χ2v) is 6.96. The summed E-state index contributed by atoms with van der Waals surface area (Å²) < 4.78 is 5.69. The minimum absolute atomic E-state index is 0.252. The lowest BCUT2D eigenvalue weighted by Gasteiger charge is -2.22. The van der Waals surface area contributed by atoms with Gasteiger partial charge in [0, 0.05) is 17.0 Å².